The van der Waals surface area contributed by atoms with E-state index in [9.17, 15) is 17.9 Å². The number of hydrazone groups is 1. The van der Waals surface area contributed by atoms with Crippen LogP contribution in [0.1, 0.15) is 11.3 Å². The maximum atomic E-state index is 14.2. The fourth-order valence-corrected chi connectivity index (χ4v) is 5.61. The Kier molecular flexibility index (Phi) is 7.84. The second-order valence-corrected chi connectivity index (χ2v) is 10.8. The predicted molar refractivity (Wildman–Crippen MR) is 148 cm³/mol. The first-order valence-corrected chi connectivity index (χ1v) is 13.8. The molecule has 0 radical (unpaired) electrons. The van der Waals surface area contributed by atoms with Crippen molar-refractivity contribution >= 4 is 39.2 Å². The van der Waals surface area contributed by atoms with Crippen molar-refractivity contribution in [2.24, 2.45) is 5.10 Å². The fourth-order valence-electron chi connectivity index (χ4n) is 4.09. The number of morpholine rings is 1. The monoisotopic (exact) mass is 563 g/mol. The molecule has 1 saturated heterocycles. The van der Waals surface area contributed by atoms with Gasteiger partial charge in [-0.3, -0.25) is 4.98 Å². The van der Waals surface area contributed by atoms with E-state index in [0.29, 0.717) is 48.9 Å². The van der Waals surface area contributed by atoms with E-state index in [1.54, 1.807) is 42.3 Å². The van der Waals surface area contributed by atoms with Gasteiger partial charge in [0.2, 0.25) is 15.8 Å². The molecule has 3 N–H and O–H groups in total. The lowest BCUT2D eigenvalue weighted by molar-refractivity contribution is 0.122. The van der Waals surface area contributed by atoms with Crippen LogP contribution in [0.25, 0.3) is 0 Å². The molecule has 13 heteroatoms. The predicted octanol–water partition coefficient (Wildman–Crippen LogP) is 3.88. The van der Waals surface area contributed by atoms with Crippen molar-refractivity contribution in [3.8, 4) is 5.75 Å². The fraction of sp³-hybridized carbons (Fsp3) is 0.185. The van der Waals surface area contributed by atoms with Crippen LogP contribution in [-0.2, 0) is 14.6 Å². The molecule has 0 spiro atoms. The first kappa shape index (κ1) is 27.0. The molecule has 1 aliphatic rings. The van der Waals surface area contributed by atoms with E-state index in [-0.39, 0.29) is 27.3 Å². The molecule has 2 aromatic carbocycles. The Morgan fingerprint density at radius 1 is 1.05 bits per heavy atom. The first-order valence-electron chi connectivity index (χ1n) is 12.3. The number of halogens is 1. The topological polar surface area (TPSA) is 142 Å². The summed E-state index contributed by atoms with van der Waals surface area (Å²) in [7, 11) is -3.78. The zero-order valence-corrected chi connectivity index (χ0v) is 22.3. The number of phenolic OH excluding ortho intramolecular Hbond substituents is 1. The van der Waals surface area contributed by atoms with Gasteiger partial charge in [-0.15, -0.1) is 0 Å². The Labute approximate surface area is 230 Å². The molecule has 0 aliphatic carbocycles. The van der Waals surface area contributed by atoms with Gasteiger partial charge in [-0.05, 0) is 61.0 Å². The number of nitrogens with one attached hydrogen (secondary N) is 2. The Bertz CT molecular complexity index is 1640. The number of hydrogen-bond acceptors (Lipinski definition) is 11. The molecule has 0 bridgehead atoms. The highest BCUT2D eigenvalue weighted by Crippen LogP contribution is 2.28. The summed E-state index contributed by atoms with van der Waals surface area (Å²) in [4.78, 5) is 14.5. The molecule has 4 aromatic rings. The maximum Gasteiger partial charge on any atom is 0.245 e. The van der Waals surface area contributed by atoms with Gasteiger partial charge in [0, 0.05) is 18.8 Å². The van der Waals surface area contributed by atoms with Gasteiger partial charge in [-0.1, -0.05) is 6.07 Å². The number of aromatic hydroxyl groups is 1. The Morgan fingerprint density at radius 3 is 2.58 bits per heavy atom. The minimum absolute atomic E-state index is 0.0239. The number of sulfone groups is 1. The van der Waals surface area contributed by atoms with Crippen LogP contribution in [0.3, 0.4) is 0 Å². The van der Waals surface area contributed by atoms with Crippen LogP contribution in [0.5, 0.6) is 5.75 Å². The molecule has 1 aliphatic heterocycles. The number of anilines is 4. The molecule has 40 heavy (non-hydrogen) atoms. The number of phenols is 1. The Hall–Kier alpha value is -4.62. The third kappa shape index (κ3) is 6.16. The van der Waals surface area contributed by atoms with Gasteiger partial charge >= 0.3 is 0 Å². The number of benzene rings is 2. The van der Waals surface area contributed by atoms with Crippen molar-refractivity contribution < 1.29 is 22.7 Å². The number of hydrogen-bond donors (Lipinski definition) is 3. The highest BCUT2D eigenvalue weighted by Gasteiger charge is 2.21. The summed E-state index contributed by atoms with van der Waals surface area (Å²) in [6, 6.07) is 14.0. The summed E-state index contributed by atoms with van der Waals surface area (Å²) in [5, 5.41) is 17.0. The minimum Gasteiger partial charge on any atom is -0.508 e. The van der Waals surface area contributed by atoms with Gasteiger partial charge in [0.05, 0.1) is 53.0 Å². The average molecular weight is 564 g/mol. The smallest absolute Gasteiger partial charge is 0.245 e. The van der Waals surface area contributed by atoms with Crippen molar-refractivity contribution in [1.29, 1.82) is 0 Å². The Morgan fingerprint density at radius 2 is 1.85 bits per heavy atom. The van der Waals surface area contributed by atoms with E-state index in [2.05, 4.69) is 30.8 Å². The molecule has 0 saturated carbocycles. The van der Waals surface area contributed by atoms with Gasteiger partial charge < -0.3 is 20.1 Å². The zero-order chi connectivity index (χ0) is 28.1. The maximum absolute atomic E-state index is 14.2. The van der Waals surface area contributed by atoms with Crippen molar-refractivity contribution in [3.63, 3.8) is 0 Å². The first-order chi connectivity index (χ1) is 19.3. The van der Waals surface area contributed by atoms with Crippen molar-refractivity contribution in [1.82, 2.24) is 15.0 Å². The summed E-state index contributed by atoms with van der Waals surface area (Å²) >= 11 is 0. The summed E-state index contributed by atoms with van der Waals surface area (Å²) in [5.74, 6) is -0.272. The number of pyridine rings is 1. The van der Waals surface area contributed by atoms with Crippen molar-refractivity contribution in [2.75, 3.05) is 41.9 Å². The zero-order valence-electron chi connectivity index (χ0n) is 21.5. The van der Waals surface area contributed by atoms with E-state index in [1.165, 1.54) is 36.5 Å². The molecule has 2 aromatic heterocycles. The third-order valence-corrected chi connectivity index (χ3v) is 7.98. The van der Waals surface area contributed by atoms with Crippen LogP contribution in [-0.4, -0.2) is 61.0 Å². The second-order valence-electron chi connectivity index (χ2n) is 8.91. The van der Waals surface area contributed by atoms with Crippen LogP contribution < -0.4 is 15.6 Å². The number of aryl methyl sites for hydroxylation is 1. The molecule has 1 fully saturated rings. The largest absolute Gasteiger partial charge is 0.508 e. The standard InChI is InChI=1S/C27H26FN7O4S/c1-18-13-19(7-8-25(18)40(37,38)23-4-2-3-22(36)14-23)32-21-6-5-20(29-15-21)16-31-34-27-30-17-24(28)26(33-27)35-9-11-39-12-10-35/h2-8,13-17,32,36H,9-12H2,1H3,(H,30,33,34)/b31-16+. The van der Waals surface area contributed by atoms with Gasteiger partial charge in [-0.2, -0.15) is 10.1 Å². The van der Waals surface area contributed by atoms with E-state index in [1.807, 2.05) is 0 Å². The molecule has 206 valence electrons. The van der Waals surface area contributed by atoms with Crippen LogP contribution in [0.2, 0.25) is 0 Å². The van der Waals surface area contributed by atoms with Gasteiger partial charge in [0.25, 0.3) is 0 Å². The molecule has 0 atom stereocenters. The summed E-state index contributed by atoms with van der Waals surface area (Å²) in [6.45, 7) is 3.81. The lowest BCUT2D eigenvalue weighted by Crippen LogP contribution is -2.37. The van der Waals surface area contributed by atoms with E-state index < -0.39 is 15.7 Å². The minimum atomic E-state index is -3.78. The highest BCUT2D eigenvalue weighted by molar-refractivity contribution is 7.91. The summed E-state index contributed by atoms with van der Waals surface area (Å²) in [5.41, 5.74) is 5.17. The molecular formula is C27H26FN7O4S. The quantitative estimate of drug-likeness (QED) is 0.214. The van der Waals surface area contributed by atoms with Gasteiger partial charge in [0.15, 0.2) is 11.6 Å². The van der Waals surface area contributed by atoms with Gasteiger partial charge in [0.1, 0.15) is 5.75 Å². The molecular weight excluding hydrogens is 537 g/mol. The third-order valence-electron chi connectivity index (χ3n) is 6.06. The van der Waals surface area contributed by atoms with Crippen molar-refractivity contribution in [3.05, 3.63) is 84.1 Å². The lowest BCUT2D eigenvalue weighted by Gasteiger charge is -2.27. The molecule has 0 unspecified atom stereocenters. The second kappa shape index (κ2) is 11.6. The average Bonchev–Trinajstić information content (AvgIpc) is 2.95. The molecule has 0 amide bonds. The number of rotatable bonds is 8. The van der Waals surface area contributed by atoms with E-state index in [4.69, 9.17) is 4.74 Å². The lowest BCUT2D eigenvalue weighted by atomic mass is 10.2. The Balaban J connectivity index is 1.22. The number of nitrogens with zero attached hydrogens (tertiary/aromatic N) is 5. The molecule has 11 nitrogen and oxygen atoms in total. The van der Waals surface area contributed by atoms with Crippen molar-refractivity contribution in [2.45, 2.75) is 16.7 Å². The van der Waals surface area contributed by atoms with Crippen LogP contribution in [0.15, 0.2) is 81.9 Å². The highest BCUT2D eigenvalue weighted by atomic mass is 32.2. The van der Waals surface area contributed by atoms with E-state index in [0.717, 1.165) is 6.20 Å². The SMILES string of the molecule is Cc1cc(Nc2ccc(/C=N/Nc3ncc(F)c(N4CCOCC4)n3)nc2)ccc1S(=O)(=O)c1cccc(O)c1. The van der Waals surface area contributed by atoms with Crippen LogP contribution in [0, 0.1) is 12.7 Å². The molecule has 5 rings (SSSR count). The number of ether oxygens (including phenoxy) is 1. The number of aromatic nitrogens is 3. The van der Waals surface area contributed by atoms with Gasteiger partial charge in [-0.25, -0.2) is 23.2 Å². The normalized spacial score (nSPS) is 13.9. The molecule has 3 heterocycles. The summed E-state index contributed by atoms with van der Waals surface area (Å²) in [6.07, 6.45) is 4.19. The van der Waals surface area contributed by atoms with Crippen LogP contribution in [0.4, 0.5) is 27.5 Å². The van der Waals surface area contributed by atoms with E-state index >= 15 is 0 Å². The van der Waals surface area contributed by atoms with Crippen LogP contribution >= 0.6 is 0 Å². The summed E-state index contributed by atoms with van der Waals surface area (Å²) < 4.78 is 45.5.